The molecule has 126 valence electrons. The Bertz CT molecular complexity index is 625. The zero-order valence-corrected chi connectivity index (χ0v) is 14.2. The number of nitrogens with two attached hydrogens (primary N) is 1. The number of furan rings is 1. The highest BCUT2D eigenvalue weighted by molar-refractivity contribution is 5.91. The summed E-state index contributed by atoms with van der Waals surface area (Å²) in [5.41, 5.74) is 7.40. The standard InChI is InChI=1S/C17H22N2O3.ClH/c1-3-19(17(21)16-9-8-14(10-18)22-16)11-15(20)13-6-4-12(2)5-7-13;/h4-9,15,20H,3,10-11,18H2,1-2H3;1H. The van der Waals surface area contributed by atoms with Gasteiger partial charge in [-0.25, -0.2) is 0 Å². The molecule has 3 N–H and O–H groups in total. The molecule has 2 rings (SSSR count). The third-order valence-electron chi connectivity index (χ3n) is 3.60. The number of likely N-dealkylation sites (N-methyl/N-ethyl adjacent to an activating group) is 1. The van der Waals surface area contributed by atoms with Crippen molar-refractivity contribution in [2.45, 2.75) is 26.5 Å². The van der Waals surface area contributed by atoms with Crippen LogP contribution in [0.1, 0.15) is 40.5 Å². The van der Waals surface area contributed by atoms with Crippen LogP contribution in [0.5, 0.6) is 0 Å². The number of hydrogen-bond donors (Lipinski definition) is 2. The molecule has 23 heavy (non-hydrogen) atoms. The van der Waals surface area contributed by atoms with Gasteiger partial charge in [0.15, 0.2) is 5.76 Å². The van der Waals surface area contributed by atoms with Gasteiger partial charge in [0.05, 0.1) is 19.2 Å². The van der Waals surface area contributed by atoms with Gasteiger partial charge in [0.25, 0.3) is 5.91 Å². The minimum absolute atomic E-state index is 0. The highest BCUT2D eigenvalue weighted by Crippen LogP contribution is 2.17. The lowest BCUT2D eigenvalue weighted by Crippen LogP contribution is -2.34. The molecule has 0 aliphatic heterocycles. The molecule has 6 heteroatoms. The number of carbonyl (C=O) groups excluding carboxylic acids is 1. The molecule has 0 saturated carbocycles. The van der Waals surface area contributed by atoms with E-state index in [0.717, 1.165) is 11.1 Å². The maximum Gasteiger partial charge on any atom is 0.289 e. The van der Waals surface area contributed by atoms with E-state index in [1.807, 2.05) is 38.1 Å². The van der Waals surface area contributed by atoms with Gasteiger partial charge in [0.2, 0.25) is 0 Å². The van der Waals surface area contributed by atoms with Crippen LogP contribution in [0.25, 0.3) is 0 Å². The lowest BCUT2D eigenvalue weighted by molar-refractivity contribution is 0.0604. The molecule has 0 fully saturated rings. The quantitative estimate of drug-likeness (QED) is 0.848. The van der Waals surface area contributed by atoms with Crippen molar-refractivity contribution in [2.24, 2.45) is 5.73 Å². The van der Waals surface area contributed by atoms with Gasteiger partial charge >= 0.3 is 0 Å². The summed E-state index contributed by atoms with van der Waals surface area (Å²) < 4.78 is 5.38. The van der Waals surface area contributed by atoms with E-state index in [1.54, 1.807) is 17.0 Å². The Morgan fingerprint density at radius 2 is 1.91 bits per heavy atom. The highest BCUT2D eigenvalue weighted by Gasteiger charge is 2.21. The molecule has 0 bridgehead atoms. The first-order valence-electron chi connectivity index (χ1n) is 7.37. The molecule has 1 aromatic heterocycles. The zero-order valence-electron chi connectivity index (χ0n) is 13.4. The summed E-state index contributed by atoms with van der Waals surface area (Å²) in [6, 6.07) is 10.9. The smallest absolute Gasteiger partial charge is 0.289 e. The van der Waals surface area contributed by atoms with Crippen molar-refractivity contribution in [1.29, 1.82) is 0 Å². The molecule has 0 aliphatic carbocycles. The van der Waals surface area contributed by atoms with Gasteiger partial charge in [-0.1, -0.05) is 29.8 Å². The van der Waals surface area contributed by atoms with Gasteiger partial charge in [-0.05, 0) is 31.5 Å². The second-order valence-corrected chi connectivity index (χ2v) is 5.24. The fraction of sp³-hybridized carbons (Fsp3) is 0.353. The molecule has 0 aliphatic rings. The SMILES string of the molecule is CCN(CC(O)c1ccc(C)cc1)C(=O)c1ccc(CN)o1.Cl. The summed E-state index contributed by atoms with van der Waals surface area (Å²) in [5.74, 6) is 0.574. The van der Waals surface area contributed by atoms with Gasteiger partial charge < -0.3 is 20.2 Å². The lowest BCUT2D eigenvalue weighted by Gasteiger charge is -2.23. The van der Waals surface area contributed by atoms with Crippen LogP contribution in [0.3, 0.4) is 0 Å². The molecule has 0 radical (unpaired) electrons. The van der Waals surface area contributed by atoms with Crippen LogP contribution in [0.4, 0.5) is 0 Å². The number of carbonyl (C=O) groups is 1. The van der Waals surface area contributed by atoms with Gasteiger partial charge in [0.1, 0.15) is 5.76 Å². The first kappa shape index (κ1) is 19.2. The highest BCUT2D eigenvalue weighted by atomic mass is 35.5. The summed E-state index contributed by atoms with van der Waals surface area (Å²) in [6.45, 7) is 4.82. The lowest BCUT2D eigenvalue weighted by atomic mass is 10.1. The van der Waals surface area contributed by atoms with Crippen molar-refractivity contribution >= 4 is 18.3 Å². The Hall–Kier alpha value is -1.82. The first-order valence-corrected chi connectivity index (χ1v) is 7.37. The van der Waals surface area contributed by atoms with E-state index in [2.05, 4.69) is 0 Å². The van der Waals surface area contributed by atoms with Crippen LogP contribution in [0.2, 0.25) is 0 Å². The molecule has 5 nitrogen and oxygen atoms in total. The van der Waals surface area contributed by atoms with E-state index in [9.17, 15) is 9.90 Å². The number of hydrogen-bond acceptors (Lipinski definition) is 4. The summed E-state index contributed by atoms with van der Waals surface area (Å²) in [6.07, 6.45) is -0.728. The van der Waals surface area contributed by atoms with Crippen molar-refractivity contribution in [1.82, 2.24) is 4.90 Å². The van der Waals surface area contributed by atoms with Gasteiger partial charge in [-0.2, -0.15) is 0 Å². The Morgan fingerprint density at radius 3 is 2.43 bits per heavy atom. The number of aliphatic hydroxyl groups is 1. The van der Waals surface area contributed by atoms with Crippen molar-refractivity contribution in [3.8, 4) is 0 Å². The van der Waals surface area contributed by atoms with Crippen molar-refractivity contribution in [2.75, 3.05) is 13.1 Å². The van der Waals surface area contributed by atoms with Crippen LogP contribution >= 0.6 is 12.4 Å². The number of aryl methyl sites for hydroxylation is 1. The van der Waals surface area contributed by atoms with E-state index in [4.69, 9.17) is 10.2 Å². The number of benzene rings is 1. The van der Waals surface area contributed by atoms with E-state index in [-0.39, 0.29) is 37.2 Å². The number of rotatable bonds is 6. The second kappa shape index (κ2) is 8.72. The first-order chi connectivity index (χ1) is 10.5. The van der Waals surface area contributed by atoms with E-state index < -0.39 is 6.10 Å². The van der Waals surface area contributed by atoms with E-state index >= 15 is 0 Å². The molecular weight excluding hydrogens is 316 g/mol. The van der Waals surface area contributed by atoms with Crippen LogP contribution < -0.4 is 5.73 Å². The van der Waals surface area contributed by atoms with Crippen LogP contribution in [-0.4, -0.2) is 29.0 Å². The van der Waals surface area contributed by atoms with E-state index in [1.165, 1.54) is 0 Å². The fourth-order valence-corrected chi connectivity index (χ4v) is 2.22. The molecule has 1 aromatic carbocycles. The minimum atomic E-state index is -0.728. The normalized spacial score (nSPS) is 11.7. The third kappa shape index (κ3) is 4.82. The van der Waals surface area contributed by atoms with Gasteiger partial charge in [0, 0.05) is 6.54 Å². The van der Waals surface area contributed by atoms with Crippen LogP contribution in [-0.2, 0) is 6.54 Å². The molecule has 1 heterocycles. The Morgan fingerprint density at radius 1 is 1.26 bits per heavy atom. The Balaban J connectivity index is 0.00000264. The fourth-order valence-electron chi connectivity index (χ4n) is 2.22. The van der Waals surface area contributed by atoms with E-state index in [0.29, 0.717) is 12.3 Å². The molecular formula is C17H23ClN2O3. The number of nitrogens with zero attached hydrogens (tertiary/aromatic N) is 1. The van der Waals surface area contributed by atoms with Crippen LogP contribution in [0, 0.1) is 6.92 Å². The number of amides is 1. The Kier molecular flexibility index (Phi) is 7.29. The maximum absolute atomic E-state index is 12.4. The molecule has 2 aromatic rings. The summed E-state index contributed by atoms with van der Waals surface area (Å²) in [5, 5.41) is 10.3. The predicted octanol–water partition coefficient (Wildman–Crippen LogP) is 2.66. The monoisotopic (exact) mass is 338 g/mol. The van der Waals surface area contributed by atoms with Gasteiger partial charge in [-0.15, -0.1) is 12.4 Å². The largest absolute Gasteiger partial charge is 0.455 e. The number of aliphatic hydroxyl groups excluding tert-OH is 1. The topological polar surface area (TPSA) is 79.7 Å². The molecule has 1 atom stereocenters. The average Bonchev–Trinajstić information content (AvgIpc) is 3.01. The maximum atomic E-state index is 12.4. The van der Waals surface area contributed by atoms with Gasteiger partial charge in [-0.3, -0.25) is 4.79 Å². The zero-order chi connectivity index (χ0) is 16.1. The van der Waals surface area contributed by atoms with Crippen molar-refractivity contribution < 1.29 is 14.3 Å². The molecule has 1 unspecified atom stereocenters. The number of halogens is 1. The molecule has 1 amide bonds. The predicted molar refractivity (Wildman–Crippen MR) is 91.6 cm³/mol. The van der Waals surface area contributed by atoms with Crippen molar-refractivity contribution in [3.63, 3.8) is 0 Å². The molecule has 0 saturated heterocycles. The average molecular weight is 339 g/mol. The summed E-state index contributed by atoms with van der Waals surface area (Å²) in [7, 11) is 0. The molecule has 0 spiro atoms. The minimum Gasteiger partial charge on any atom is -0.455 e. The Labute approximate surface area is 142 Å². The van der Waals surface area contributed by atoms with Crippen molar-refractivity contribution in [3.05, 3.63) is 59.0 Å². The third-order valence-corrected chi connectivity index (χ3v) is 3.60. The second-order valence-electron chi connectivity index (χ2n) is 5.24. The van der Waals surface area contributed by atoms with Crippen LogP contribution in [0.15, 0.2) is 40.8 Å². The summed E-state index contributed by atoms with van der Waals surface area (Å²) in [4.78, 5) is 14.0. The summed E-state index contributed by atoms with van der Waals surface area (Å²) >= 11 is 0.